The second-order valence-electron chi connectivity index (χ2n) is 5.11. The Morgan fingerprint density at radius 2 is 2.20 bits per heavy atom. The van der Waals surface area contributed by atoms with Crippen LogP contribution < -0.4 is 5.32 Å². The monoisotopic (exact) mass is 275 g/mol. The van der Waals surface area contributed by atoms with Crippen molar-refractivity contribution in [3.05, 3.63) is 35.6 Å². The number of furan rings is 1. The van der Waals surface area contributed by atoms with E-state index in [2.05, 4.69) is 5.32 Å². The minimum absolute atomic E-state index is 0.260. The molecule has 0 unspecified atom stereocenters. The number of carboxylic acids is 1. The second kappa shape index (κ2) is 5.26. The number of aromatic carboxylic acids is 1. The standard InChI is InChI=1S/C15H17NO4/c1-19-10-6-9(7-10)16-8-13-14(15(17)18)11-4-2-3-5-12(11)20-13/h2-5,9-10,16H,6-8H2,1H3,(H,17,18). The van der Waals surface area contributed by atoms with Crippen LogP contribution in [0.3, 0.4) is 0 Å². The molecule has 0 spiro atoms. The first-order valence-electron chi connectivity index (χ1n) is 6.69. The molecule has 0 aliphatic heterocycles. The van der Waals surface area contributed by atoms with Crippen LogP contribution in [0.1, 0.15) is 29.0 Å². The van der Waals surface area contributed by atoms with E-state index in [1.165, 1.54) is 0 Å². The van der Waals surface area contributed by atoms with Crippen LogP contribution in [0.2, 0.25) is 0 Å². The van der Waals surface area contributed by atoms with Gasteiger partial charge >= 0.3 is 5.97 Å². The van der Waals surface area contributed by atoms with Gasteiger partial charge in [-0.1, -0.05) is 18.2 Å². The lowest BCUT2D eigenvalue weighted by molar-refractivity contribution is 0.0165. The van der Waals surface area contributed by atoms with Crippen LogP contribution in [0.5, 0.6) is 0 Å². The third kappa shape index (κ3) is 2.30. The summed E-state index contributed by atoms with van der Waals surface area (Å²) in [5.41, 5.74) is 0.876. The van der Waals surface area contributed by atoms with E-state index in [4.69, 9.17) is 9.15 Å². The number of carboxylic acid groups (broad SMARTS) is 1. The molecule has 5 heteroatoms. The van der Waals surface area contributed by atoms with Gasteiger partial charge in [-0.15, -0.1) is 0 Å². The molecule has 1 aromatic heterocycles. The SMILES string of the molecule is COC1CC(NCc2oc3ccccc3c2C(=O)O)C1. The smallest absolute Gasteiger partial charge is 0.339 e. The molecule has 1 aliphatic carbocycles. The summed E-state index contributed by atoms with van der Waals surface area (Å²) in [4.78, 5) is 11.4. The number of rotatable bonds is 5. The molecule has 1 aromatic carbocycles. The fourth-order valence-electron chi connectivity index (χ4n) is 2.62. The molecule has 0 radical (unpaired) electrons. The highest BCUT2D eigenvalue weighted by Crippen LogP contribution is 2.27. The Labute approximate surface area is 116 Å². The van der Waals surface area contributed by atoms with E-state index < -0.39 is 5.97 Å². The zero-order valence-corrected chi connectivity index (χ0v) is 11.3. The van der Waals surface area contributed by atoms with Crippen molar-refractivity contribution in [1.29, 1.82) is 0 Å². The van der Waals surface area contributed by atoms with Gasteiger partial charge in [-0.05, 0) is 18.9 Å². The number of nitrogens with one attached hydrogen (secondary N) is 1. The lowest BCUT2D eigenvalue weighted by Crippen LogP contribution is -2.44. The molecule has 5 nitrogen and oxygen atoms in total. The molecule has 2 N–H and O–H groups in total. The quantitative estimate of drug-likeness (QED) is 0.876. The Hall–Kier alpha value is -1.85. The molecule has 1 saturated carbocycles. The van der Waals surface area contributed by atoms with Crippen LogP contribution in [0.4, 0.5) is 0 Å². The van der Waals surface area contributed by atoms with E-state index in [0.29, 0.717) is 35.4 Å². The summed E-state index contributed by atoms with van der Waals surface area (Å²) >= 11 is 0. The van der Waals surface area contributed by atoms with Crippen molar-refractivity contribution in [2.75, 3.05) is 7.11 Å². The lowest BCUT2D eigenvalue weighted by Gasteiger charge is -2.34. The van der Waals surface area contributed by atoms with E-state index in [0.717, 1.165) is 12.8 Å². The van der Waals surface area contributed by atoms with Crippen LogP contribution in [0.15, 0.2) is 28.7 Å². The fraction of sp³-hybridized carbons (Fsp3) is 0.400. The summed E-state index contributed by atoms with van der Waals surface area (Å²) in [6, 6.07) is 7.58. The van der Waals surface area contributed by atoms with Gasteiger partial charge in [0.1, 0.15) is 16.9 Å². The van der Waals surface area contributed by atoms with Crippen molar-refractivity contribution in [2.24, 2.45) is 0 Å². The van der Waals surface area contributed by atoms with Crippen LogP contribution >= 0.6 is 0 Å². The van der Waals surface area contributed by atoms with Crippen molar-refractivity contribution >= 4 is 16.9 Å². The Kier molecular flexibility index (Phi) is 3.46. The van der Waals surface area contributed by atoms with Gasteiger partial charge < -0.3 is 19.6 Å². The Morgan fingerprint density at radius 3 is 2.90 bits per heavy atom. The van der Waals surface area contributed by atoms with E-state index in [1.807, 2.05) is 12.1 Å². The number of carbonyl (C=O) groups is 1. The largest absolute Gasteiger partial charge is 0.478 e. The van der Waals surface area contributed by atoms with Gasteiger partial charge in [-0.25, -0.2) is 4.79 Å². The van der Waals surface area contributed by atoms with Crippen LogP contribution in [-0.2, 0) is 11.3 Å². The summed E-state index contributed by atoms with van der Waals surface area (Å²) in [5.74, 6) is -0.463. The number of methoxy groups -OCH3 is 1. The summed E-state index contributed by atoms with van der Waals surface area (Å²) in [6.45, 7) is 0.428. The molecule has 20 heavy (non-hydrogen) atoms. The van der Waals surface area contributed by atoms with Crippen molar-refractivity contribution in [3.63, 3.8) is 0 Å². The zero-order valence-electron chi connectivity index (χ0n) is 11.3. The summed E-state index contributed by atoms with van der Waals surface area (Å²) in [5, 5.41) is 13.3. The molecule has 0 amide bonds. The third-order valence-corrected chi connectivity index (χ3v) is 3.86. The number of para-hydroxylation sites is 1. The van der Waals surface area contributed by atoms with E-state index in [-0.39, 0.29) is 5.56 Å². The minimum atomic E-state index is -0.949. The molecule has 106 valence electrons. The number of benzene rings is 1. The van der Waals surface area contributed by atoms with E-state index in [9.17, 15) is 9.90 Å². The molecule has 3 rings (SSSR count). The average molecular weight is 275 g/mol. The normalized spacial score (nSPS) is 21.9. The van der Waals surface area contributed by atoms with Gasteiger partial charge in [0.05, 0.1) is 12.6 Å². The first-order valence-corrected chi connectivity index (χ1v) is 6.69. The molecule has 1 fully saturated rings. The molecule has 1 aliphatic rings. The summed E-state index contributed by atoms with van der Waals surface area (Å²) in [7, 11) is 1.71. The highest BCUT2D eigenvalue weighted by molar-refractivity contribution is 6.03. The van der Waals surface area contributed by atoms with Gasteiger partial charge in [-0.3, -0.25) is 0 Å². The van der Waals surface area contributed by atoms with Gasteiger partial charge in [0, 0.05) is 18.5 Å². The van der Waals surface area contributed by atoms with Gasteiger partial charge in [0.2, 0.25) is 0 Å². The second-order valence-corrected chi connectivity index (χ2v) is 5.11. The highest BCUT2D eigenvalue weighted by Gasteiger charge is 2.29. The molecular weight excluding hydrogens is 258 g/mol. The zero-order chi connectivity index (χ0) is 14.1. The maximum atomic E-state index is 11.4. The fourth-order valence-corrected chi connectivity index (χ4v) is 2.62. The maximum absolute atomic E-state index is 11.4. The molecule has 0 saturated heterocycles. The first-order chi connectivity index (χ1) is 9.69. The third-order valence-electron chi connectivity index (χ3n) is 3.86. The van der Waals surface area contributed by atoms with Crippen LogP contribution in [0.25, 0.3) is 11.0 Å². The number of ether oxygens (including phenoxy) is 1. The minimum Gasteiger partial charge on any atom is -0.478 e. The highest BCUT2D eigenvalue weighted by atomic mass is 16.5. The van der Waals surface area contributed by atoms with Gasteiger partial charge in [-0.2, -0.15) is 0 Å². The summed E-state index contributed by atoms with van der Waals surface area (Å²) < 4.78 is 10.9. The van der Waals surface area contributed by atoms with Crippen LogP contribution in [0, 0.1) is 0 Å². The Bertz CT molecular complexity index is 628. The predicted molar refractivity (Wildman–Crippen MR) is 73.8 cm³/mol. The van der Waals surface area contributed by atoms with Crippen molar-refractivity contribution in [1.82, 2.24) is 5.32 Å². The van der Waals surface area contributed by atoms with Crippen molar-refractivity contribution in [2.45, 2.75) is 31.5 Å². The van der Waals surface area contributed by atoms with E-state index >= 15 is 0 Å². The van der Waals surface area contributed by atoms with Gasteiger partial charge in [0.15, 0.2) is 0 Å². The average Bonchev–Trinajstić information content (AvgIpc) is 2.75. The van der Waals surface area contributed by atoms with Crippen molar-refractivity contribution in [3.8, 4) is 0 Å². The van der Waals surface area contributed by atoms with E-state index in [1.54, 1.807) is 19.2 Å². The Morgan fingerprint density at radius 1 is 1.45 bits per heavy atom. The maximum Gasteiger partial charge on any atom is 0.339 e. The number of hydrogen-bond acceptors (Lipinski definition) is 4. The molecule has 0 bridgehead atoms. The molecule has 1 heterocycles. The molecule has 0 atom stereocenters. The molecular formula is C15H17NO4. The van der Waals surface area contributed by atoms with Gasteiger partial charge in [0.25, 0.3) is 0 Å². The van der Waals surface area contributed by atoms with Crippen LogP contribution in [-0.4, -0.2) is 30.3 Å². The number of hydrogen-bond donors (Lipinski definition) is 2. The first kappa shape index (κ1) is 13.1. The number of fused-ring (bicyclic) bond motifs is 1. The lowest BCUT2D eigenvalue weighted by atomic mass is 9.89. The topological polar surface area (TPSA) is 71.7 Å². The Balaban J connectivity index is 1.77. The predicted octanol–water partition coefficient (Wildman–Crippen LogP) is 2.40. The molecule has 2 aromatic rings. The van der Waals surface area contributed by atoms with Crippen molar-refractivity contribution < 1.29 is 19.1 Å². The summed E-state index contributed by atoms with van der Waals surface area (Å²) in [6.07, 6.45) is 2.24.